The third-order valence-corrected chi connectivity index (χ3v) is 6.72. The molecule has 164 valence electrons. The van der Waals surface area contributed by atoms with Crippen molar-refractivity contribution in [1.82, 2.24) is 15.2 Å². The Hall–Kier alpha value is -2.48. The molecule has 1 spiro atoms. The summed E-state index contributed by atoms with van der Waals surface area (Å²) >= 11 is 0. The largest absolute Gasteiger partial charge is 0.474 e. The molecule has 30 heavy (non-hydrogen) atoms. The van der Waals surface area contributed by atoms with Crippen molar-refractivity contribution in [2.45, 2.75) is 70.6 Å². The number of rotatable bonds is 10. The molecule has 2 unspecified atom stereocenters. The number of aromatic nitrogens is 1. The number of carbonyl (C=O) groups is 3. The van der Waals surface area contributed by atoms with Gasteiger partial charge in [0.1, 0.15) is 11.7 Å². The molecule has 0 saturated heterocycles. The van der Waals surface area contributed by atoms with Crippen molar-refractivity contribution < 1.29 is 19.1 Å². The van der Waals surface area contributed by atoms with Gasteiger partial charge in [-0.2, -0.15) is 0 Å². The normalized spacial score (nSPS) is 26.8. The average molecular weight is 417 g/mol. The third-order valence-electron chi connectivity index (χ3n) is 6.72. The lowest BCUT2D eigenvalue weighted by molar-refractivity contribution is -0.156. The minimum absolute atomic E-state index is 0.0326. The summed E-state index contributed by atoms with van der Waals surface area (Å²) in [4.78, 5) is 41.6. The van der Waals surface area contributed by atoms with Crippen molar-refractivity contribution in [3.63, 3.8) is 0 Å². The first-order valence-corrected chi connectivity index (χ1v) is 10.7. The maximum atomic E-state index is 12.9. The maximum Gasteiger partial charge on any atom is 0.254 e. The first-order chi connectivity index (χ1) is 14.3. The van der Waals surface area contributed by atoms with Crippen LogP contribution in [0.1, 0.15) is 62.7 Å². The number of hydrogen-bond acceptors (Lipinski definition) is 6. The minimum Gasteiger partial charge on any atom is -0.474 e. The van der Waals surface area contributed by atoms with Gasteiger partial charge < -0.3 is 15.8 Å². The summed E-state index contributed by atoms with van der Waals surface area (Å²) in [6.45, 7) is 4.21. The van der Waals surface area contributed by atoms with Crippen LogP contribution >= 0.6 is 0 Å². The molecule has 3 rings (SSSR count). The lowest BCUT2D eigenvalue weighted by atomic mass is 9.52. The number of nitrogens with two attached hydrogens (primary N) is 1. The summed E-state index contributed by atoms with van der Waals surface area (Å²) in [6, 6.07) is 2.86. The van der Waals surface area contributed by atoms with Gasteiger partial charge in [0.25, 0.3) is 5.91 Å². The summed E-state index contributed by atoms with van der Waals surface area (Å²) in [5.74, 6) is -0.0202. The monoisotopic (exact) mass is 416 g/mol. The van der Waals surface area contributed by atoms with Gasteiger partial charge in [0, 0.05) is 12.2 Å². The van der Waals surface area contributed by atoms with Crippen LogP contribution in [0.15, 0.2) is 18.3 Å². The number of hydrogen-bond donors (Lipinski definition) is 2. The van der Waals surface area contributed by atoms with Crippen molar-refractivity contribution in [2.24, 2.45) is 17.1 Å². The van der Waals surface area contributed by atoms with E-state index in [2.05, 4.69) is 24.1 Å². The van der Waals surface area contributed by atoms with Gasteiger partial charge in [0.2, 0.25) is 18.2 Å². The second-order valence-corrected chi connectivity index (χ2v) is 8.87. The molecule has 1 aromatic heterocycles. The van der Waals surface area contributed by atoms with Gasteiger partial charge in [-0.3, -0.25) is 19.3 Å². The lowest BCUT2D eigenvalue weighted by Gasteiger charge is -2.58. The van der Waals surface area contributed by atoms with E-state index in [1.165, 1.54) is 4.90 Å². The number of pyridine rings is 1. The molecule has 8 heteroatoms. The van der Waals surface area contributed by atoms with Crippen LogP contribution in [0.2, 0.25) is 0 Å². The first-order valence-electron chi connectivity index (χ1n) is 10.7. The predicted molar refractivity (Wildman–Crippen MR) is 112 cm³/mol. The zero-order chi connectivity index (χ0) is 21.9. The molecule has 2 aliphatic rings. The second-order valence-electron chi connectivity index (χ2n) is 8.87. The van der Waals surface area contributed by atoms with E-state index in [9.17, 15) is 14.4 Å². The van der Waals surface area contributed by atoms with Gasteiger partial charge in [-0.1, -0.05) is 20.3 Å². The number of imide groups is 1. The molecule has 2 atom stereocenters. The summed E-state index contributed by atoms with van der Waals surface area (Å²) in [5, 5.41) is 3.07. The summed E-state index contributed by atoms with van der Waals surface area (Å²) in [5.41, 5.74) is 5.76. The summed E-state index contributed by atoms with van der Waals surface area (Å²) < 4.78 is 5.88. The maximum absolute atomic E-state index is 12.9. The Balaban J connectivity index is 1.52. The number of ether oxygens (including phenoxy) is 1. The van der Waals surface area contributed by atoms with Crippen molar-refractivity contribution >= 4 is 18.2 Å². The minimum atomic E-state index is -0.563. The topological polar surface area (TPSA) is 115 Å². The van der Waals surface area contributed by atoms with Crippen molar-refractivity contribution in [2.75, 3.05) is 7.05 Å². The molecular weight excluding hydrogens is 384 g/mol. The van der Waals surface area contributed by atoms with E-state index in [1.807, 2.05) is 0 Å². The van der Waals surface area contributed by atoms with Crippen LogP contribution < -0.4 is 15.8 Å². The molecule has 3 amide bonds. The van der Waals surface area contributed by atoms with E-state index < -0.39 is 5.91 Å². The molecule has 0 bridgehead atoms. The second kappa shape index (κ2) is 9.12. The molecule has 2 saturated carbocycles. The van der Waals surface area contributed by atoms with Gasteiger partial charge in [-0.25, -0.2) is 4.98 Å². The number of likely N-dealkylation sites (N-methyl/N-ethyl adjacent to an activating group) is 1. The number of nitrogens with zero attached hydrogens (tertiary/aromatic N) is 2. The summed E-state index contributed by atoms with van der Waals surface area (Å²) in [6.07, 6.45) is 7.16. The molecule has 3 N–H and O–H groups in total. The average Bonchev–Trinajstić information content (AvgIpc) is 2.68. The zero-order valence-corrected chi connectivity index (χ0v) is 18.0. The highest BCUT2D eigenvalue weighted by Crippen LogP contribution is 2.58. The smallest absolute Gasteiger partial charge is 0.254 e. The van der Waals surface area contributed by atoms with Crippen LogP contribution in [0, 0.1) is 11.3 Å². The fourth-order valence-electron chi connectivity index (χ4n) is 4.70. The van der Waals surface area contributed by atoms with Gasteiger partial charge >= 0.3 is 0 Å². The third kappa shape index (κ3) is 4.48. The quantitative estimate of drug-likeness (QED) is 0.563. The van der Waals surface area contributed by atoms with Crippen LogP contribution in [0.3, 0.4) is 0 Å². The van der Waals surface area contributed by atoms with Gasteiger partial charge in [0.15, 0.2) is 0 Å². The van der Waals surface area contributed by atoms with Gasteiger partial charge in [-0.05, 0) is 62.6 Å². The molecule has 8 nitrogen and oxygen atoms in total. The summed E-state index contributed by atoms with van der Waals surface area (Å²) in [7, 11) is 1.77. The number of carbonyl (C=O) groups excluding carboxylic acids is 3. The Labute approximate surface area is 177 Å². The highest BCUT2D eigenvalue weighted by molar-refractivity contribution is 5.95. The van der Waals surface area contributed by atoms with Crippen molar-refractivity contribution in [3.8, 4) is 5.88 Å². The van der Waals surface area contributed by atoms with Crippen LogP contribution in [-0.2, 0) is 9.59 Å². The van der Waals surface area contributed by atoms with E-state index in [-0.39, 0.29) is 41.0 Å². The number of nitrogens with one attached hydrogen (secondary N) is 1. The Morgan fingerprint density at radius 1 is 1.40 bits per heavy atom. The Bertz CT molecular complexity index is 785. The number of primary amides is 1. The highest BCUT2D eigenvalue weighted by atomic mass is 16.5. The van der Waals surface area contributed by atoms with E-state index in [4.69, 9.17) is 10.5 Å². The van der Waals surface area contributed by atoms with Crippen LogP contribution in [0.25, 0.3) is 0 Å². The molecular formula is C22H32N4O4. The van der Waals surface area contributed by atoms with Crippen molar-refractivity contribution in [1.29, 1.82) is 0 Å². The molecule has 0 radical (unpaired) electrons. The zero-order valence-electron chi connectivity index (χ0n) is 18.0. The number of amides is 3. The van der Waals surface area contributed by atoms with Gasteiger partial charge in [0.05, 0.1) is 6.04 Å². The first kappa shape index (κ1) is 22.2. The van der Waals surface area contributed by atoms with Crippen LogP contribution in [0.4, 0.5) is 0 Å². The molecule has 0 aliphatic heterocycles. The predicted octanol–water partition coefficient (Wildman–Crippen LogP) is 1.88. The standard InChI is InChI=1S/C22H32N4O4/c1-4-14(2)8-18(24-3)21(29)26(13-27)15-9-22(10-15)11-16(12-22)30-20-17(19(23)28)6-5-7-25-20/h5-7,13-16,18,24H,4,8-12H2,1-3H3,(H2,23,28). The van der Waals surface area contributed by atoms with E-state index in [1.54, 1.807) is 25.4 Å². The van der Waals surface area contributed by atoms with Gasteiger partial charge in [-0.15, -0.1) is 0 Å². The molecule has 2 fully saturated rings. The fraction of sp³-hybridized carbons (Fsp3) is 0.636. The van der Waals surface area contributed by atoms with E-state index in [0.717, 1.165) is 38.5 Å². The van der Waals surface area contributed by atoms with Crippen LogP contribution in [0.5, 0.6) is 5.88 Å². The molecule has 1 heterocycles. The Morgan fingerprint density at radius 3 is 2.67 bits per heavy atom. The molecule has 2 aliphatic carbocycles. The lowest BCUT2D eigenvalue weighted by Crippen LogP contribution is -2.61. The molecule has 1 aromatic rings. The van der Waals surface area contributed by atoms with E-state index in [0.29, 0.717) is 12.3 Å². The SMILES string of the molecule is CCC(C)CC(NC)C(=O)N(C=O)C1CC2(CC(Oc3ncccc3C(N)=O)C2)C1. The van der Waals surface area contributed by atoms with Crippen molar-refractivity contribution in [3.05, 3.63) is 23.9 Å². The Kier molecular flexibility index (Phi) is 6.75. The Morgan fingerprint density at radius 2 is 2.10 bits per heavy atom. The highest BCUT2D eigenvalue weighted by Gasteiger charge is 2.56. The fourth-order valence-corrected chi connectivity index (χ4v) is 4.70. The van der Waals surface area contributed by atoms with E-state index >= 15 is 0 Å². The molecule has 0 aromatic carbocycles. The van der Waals surface area contributed by atoms with Crippen LogP contribution in [-0.4, -0.2) is 53.3 Å².